The fourth-order valence-electron chi connectivity index (χ4n) is 0.955. The Balaban J connectivity index is 2.43. The second-order valence-electron chi connectivity index (χ2n) is 2.54. The Morgan fingerprint density at radius 3 is 2.67 bits per heavy atom. The van der Waals surface area contributed by atoms with Crippen LogP contribution in [0.25, 0.3) is 10.6 Å². The van der Waals surface area contributed by atoms with E-state index in [2.05, 4.69) is 10.2 Å². The molecule has 0 fully saturated rings. The maximum atomic E-state index is 4.08. The van der Waals surface area contributed by atoms with Gasteiger partial charge in [-0.05, 0) is 30.5 Å². The lowest BCUT2D eigenvalue weighted by molar-refractivity contribution is 0.989. The van der Waals surface area contributed by atoms with Crippen LogP contribution in [0.15, 0.2) is 29.6 Å². The minimum atomic E-state index is 0.954. The fraction of sp³-hybridized carbons (Fsp3) is 0.111. The third-order valence-corrected chi connectivity index (χ3v) is 2.46. The molecule has 0 radical (unpaired) electrons. The van der Waals surface area contributed by atoms with Crippen LogP contribution >= 0.6 is 11.3 Å². The third kappa shape index (κ3) is 1.36. The van der Waals surface area contributed by atoms with Crippen LogP contribution in [-0.4, -0.2) is 10.2 Å². The van der Waals surface area contributed by atoms with E-state index in [1.165, 1.54) is 4.88 Å². The Bertz CT molecular complexity index is 351. The molecule has 12 heavy (non-hydrogen) atoms. The molecule has 2 aromatic heterocycles. The Hall–Kier alpha value is -1.22. The van der Waals surface area contributed by atoms with E-state index in [1.807, 2.05) is 36.6 Å². The first-order chi connectivity index (χ1) is 5.86. The van der Waals surface area contributed by atoms with E-state index in [0.717, 1.165) is 11.4 Å². The summed E-state index contributed by atoms with van der Waals surface area (Å²) in [7, 11) is 0. The Morgan fingerprint density at radius 1 is 1.17 bits per heavy atom. The third-order valence-electron chi connectivity index (χ3n) is 1.57. The maximum absolute atomic E-state index is 4.08. The highest BCUT2D eigenvalue weighted by molar-refractivity contribution is 7.13. The van der Waals surface area contributed by atoms with Crippen molar-refractivity contribution in [3.63, 3.8) is 0 Å². The lowest BCUT2D eigenvalue weighted by Crippen LogP contribution is -1.86. The van der Waals surface area contributed by atoms with Gasteiger partial charge in [0.1, 0.15) is 5.69 Å². The van der Waals surface area contributed by atoms with Crippen LogP contribution in [0.4, 0.5) is 0 Å². The van der Waals surface area contributed by atoms with Crippen LogP contribution in [-0.2, 0) is 0 Å². The van der Waals surface area contributed by atoms with Gasteiger partial charge in [-0.3, -0.25) is 0 Å². The van der Waals surface area contributed by atoms with Crippen LogP contribution in [0.2, 0.25) is 0 Å². The standard InChI is InChI=1S/C9H8N2S/c1-7-4-5-8(11-10-7)9-3-2-6-12-9/h2-6H,1H3. The summed E-state index contributed by atoms with van der Waals surface area (Å²) < 4.78 is 0. The topological polar surface area (TPSA) is 25.8 Å². The SMILES string of the molecule is Cc1ccc(-c2cccs2)nn1. The molecule has 0 aliphatic heterocycles. The van der Waals surface area contributed by atoms with Crippen molar-refractivity contribution in [2.75, 3.05) is 0 Å². The van der Waals surface area contributed by atoms with Crippen molar-refractivity contribution in [2.24, 2.45) is 0 Å². The Kier molecular flexibility index (Phi) is 1.87. The average Bonchev–Trinajstić information content (AvgIpc) is 2.58. The van der Waals surface area contributed by atoms with E-state index in [-0.39, 0.29) is 0 Å². The van der Waals surface area contributed by atoms with Crippen LogP contribution in [0.5, 0.6) is 0 Å². The highest BCUT2D eigenvalue weighted by Crippen LogP contribution is 2.21. The number of aryl methyl sites for hydroxylation is 1. The molecule has 2 nitrogen and oxygen atoms in total. The number of rotatable bonds is 1. The maximum Gasteiger partial charge on any atom is 0.103 e. The summed E-state index contributed by atoms with van der Waals surface area (Å²) in [6, 6.07) is 8.03. The van der Waals surface area contributed by atoms with E-state index < -0.39 is 0 Å². The summed E-state index contributed by atoms with van der Waals surface area (Å²) in [5.41, 5.74) is 1.91. The van der Waals surface area contributed by atoms with E-state index >= 15 is 0 Å². The van der Waals surface area contributed by atoms with Crippen molar-refractivity contribution in [1.29, 1.82) is 0 Å². The van der Waals surface area contributed by atoms with Crippen molar-refractivity contribution in [3.8, 4) is 10.6 Å². The first-order valence-electron chi connectivity index (χ1n) is 3.70. The number of hydrogen-bond acceptors (Lipinski definition) is 3. The smallest absolute Gasteiger partial charge is 0.103 e. The predicted molar refractivity (Wildman–Crippen MR) is 50.1 cm³/mol. The monoisotopic (exact) mass is 176 g/mol. The summed E-state index contributed by atoms with van der Waals surface area (Å²) in [5, 5.41) is 10.1. The van der Waals surface area contributed by atoms with Crippen LogP contribution in [0.3, 0.4) is 0 Å². The molecule has 0 aromatic carbocycles. The molecule has 0 N–H and O–H groups in total. The van der Waals surface area contributed by atoms with Crippen LogP contribution < -0.4 is 0 Å². The molecule has 2 rings (SSSR count). The van der Waals surface area contributed by atoms with Crippen molar-refractivity contribution in [1.82, 2.24) is 10.2 Å². The minimum Gasteiger partial charge on any atom is -0.155 e. The summed E-state index contributed by atoms with van der Waals surface area (Å²) in [6.07, 6.45) is 0. The van der Waals surface area contributed by atoms with Crippen molar-refractivity contribution >= 4 is 11.3 Å². The summed E-state index contributed by atoms with van der Waals surface area (Å²) in [5.74, 6) is 0. The van der Waals surface area contributed by atoms with Gasteiger partial charge in [0.25, 0.3) is 0 Å². The highest BCUT2D eigenvalue weighted by atomic mass is 32.1. The molecule has 60 valence electrons. The van der Waals surface area contributed by atoms with Crippen molar-refractivity contribution in [2.45, 2.75) is 6.92 Å². The van der Waals surface area contributed by atoms with Gasteiger partial charge in [-0.25, -0.2) is 0 Å². The molecule has 0 bridgehead atoms. The second-order valence-corrected chi connectivity index (χ2v) is 3.48. The van der Waals surface area contributed by atoms with Crippen molar-refractivity contribution in [3.05, 3.63) is 35.3 Å². The Labute approximate surface area is 74.9 Å². The van der Waals surface area contributed by atoms with Gasteiger partial charge in [-0.1, -0.05) is 6.07 Å². The summed E-state index contributed by atoms with van der Waals surface area (Å²) in [6.45, 7) is 1.94. The minimum absolute atomic E-state index is 0.954. The predicted octanol–water partition coefficient (Wildman–Crippen LogP) is 2.51. The van der Waals surface area contributed by atoms with Gasteiger partial charge in [0.2, 0.25) is 0 Å². The lowest BCUT2D eigenvalue weighted by atomic mass is 10.3. The average molecular weight is 176 g/mol. The molecule has 0 saturated carbocycles. The fourth-order valence-corrected chi connectivity index (χ4v) is 1.65. The number of thiophene rings is 1. The summed E-state index contributed by atoms with van der Waals surface area (Å²) >= 11 is 1.68. The molecule has 3 heteroatoms. The molecule has 0 saturated heterocycles. The highest BCUT2D eigenvalue weighted by Gasteiger charge is 1.98. The molecular formula is C9H8N2S. The molecule has 0 atom stereocenters. The molecule has 0 aliphatic carbocycles. The van der Waals surface area contributed by atoms with Gasteiger partial charge in [-0.2, -0.15) is 5.10 Å². The van der Waals surface area contributed by atoms with Gasteiger partial charge in [0, 0.05) is 0 Å². The molecule has 0 aliphatic rings. The normalized spacial score (nSPS) is 10.1. The Morgan fingerprint density at radius 2 is 2.08 bits per heavy atom. The van der Waals surface area contributed by atoms with E-state index in [1.54, 1.807) is 11.3 Å². The van der Waals surface area contributed by atoms with E-state index in [0.29, 0.717) is 0 Å². The van der Waals surface area contributed by atoms with Gasteiger partial charge < -0.3 is 0 Å². The van der Waals surface area contributed by atoms with Gasteiger partial charge >= 0.3 is 0 Å². The zero-order chi connectivity index (χ0) is 8.39. The lowest BCUT2D eigenvalue weighted by Gasteiger charge is -1.94. The van der Waals surface area contributed by atoms with Gasteiger partial charge in [0.05, 0.1) is 10.6 Å². The first kappa shape index (κ1) is 7.43. The quantitative estimate of drug-likeness (QED) is 0.667. The number of aromatic nitrogens is 2. The zero-order valence-corrected chi connectivity index (χ0v) is 7.51. The van der Waals surface area contributed by atoms with Crippen LogP contribution in [0, 0.1) is 6.92 Å². The molecule has 2 heterocycles. The molecule has 0 spiro atoms. The van der Waals surface area contributed by atoms with Crippen LogP contribution in [0.1, 0.15) is 5.69 Å². The first-order valence-corrected chi connectivity index (χ1v) is 4.58. The molecular weight excluding hydrogens is 168 g/mol. The molecule has 0 amide bonds. The van der Waals surface area contributed by atoms with Gasteiger partial charge in [-0.15, -0.1) is 16.4 Å². The summed E-state index contributed by atoms with van der Waals surface area (Å²) in [4.78, 5) is 1.17. The van der Waals surface area contributed by atoms with Gasteiger partial charge in [0.15, 0.2) is 0 Å². The van der Waals surface area contributed by atoms with E-state index in [4.69, 9.17) is 0 Å². The largest absolute Gasteiger partial charge is 0.155 e. The van der Waals surface area contributed by atoms with Crippen molar-refractivity contribution < 1.29 is 0 Å². The zero-order valence-electron chi connectivity index (χ0n) is 6.69. The number of hydrogen-bond donors (Lipinski definition) is 0. The molecule has 2 aromatic rings. The number of nitrogens with zero attached hydrogens (tertiary/aromatic N) is 2. The molecule has 0 unspecified atom stereocenters. The van der Waals surface area contributed by atoms with E-state index in [9.17, 15) is 0 Å². The second kappa shape index (κ2) is 3.03.